The molecule has 0 radical (unpaired) electrons. The van der Waals surface area contributed by atoms with Crippen LogP contribution in [0.25, 0.3) is 0 Å². The Morgan fingerprint density at radius 1 is 1.31 bits per heavy atom. The van der Waals surface area contributed by atoms with Crippen molar-refractivity contribution in [2.75, 3.05) is 5.32 Å². The van der Waals surface area contributed by atoms with Crippen LogP contribution >= 0.6 is 0 Å². The number of carbonyl (C=O) groups is 2. The topological polar surface area (TPSA) is 124 Å². The highest BCUT2D eigenvalue weighted by atomic mass is 16.4. The van der Waals surface area contributed by atoms with Gasteiger partial charge in [-0.1, -0.05) is 0 Å². The van der Waals surface area contributed by atoms with Crippen molar-refractivity contribution in [2.45, 2.75) is 0 Å². The van der Waals surface area contributed by atoms with Gasteiger partial charge in [0.25, 0.3) is 5.91 Å². The quantitative estimate of drug-likeness (QED) is 0.584. The Morgan fingerprint density at radius 3 is 2.69 bits per heavy atom. The Kier molecular flexibility index (Phi) is 2.38. The molecule has 0 aliphatic rings. The third-order valence-electron chi connectivity index (χ3n) is 1.80. The monoisotopic (exact) mass is 221 g/mol. The number of nitrogens with one attached hydrogen (secondary N) is 3. The summed E-state index contributed by atoms with van der Waals surface area (Å²) in [6.45, 7) is 0. The molecule has 2 rings (SSSR count). The fraction of sp³-hybridized carbons (Fsp3) is 0. The highest BCUT2D eigenvalue weighted by Gasteiger charge is 2.11. The first-order valence-corrected chi connectivity index (χ1v) is 4.26. The highest BCUT2D eigenvalue weighted by molar-refractivity contribution is 6.02. The van der Waals surface area contributed by atoms with E-state index in [2.05, 4.69) is 25.7 Å². The number of aromatic carboxylic acids is 1. The Balaban J connectivity index is 2.09. The minimum absolute atomic E-state index is 0.0973. The van der Waals surface area contributed by atoms with Crippen molar-refractivity contribution < 1.29 is 14.7 Å². The maximum absolute atomic E-state index is 11.5. The zero-order chi connectivity index (χ0) is 11.5. The number of carboxylic acid groups (broad SMARTS) is 1. The average Bonchev–Trinajstić information content (AvgIpc) is 2.87. The molecule has 2 heterocycles. The summed E-state index contributed by atoms with van der Waals surface area (Å²) >= 11 is 0. The third kappa shape index (κ3) is 1.90. The second-order valence-corrected chi connectivity index (χ2v) is 2.90. The summed E-state index contributed by atoms with van der Waals surface area (Å²) < 4.78 is 0. The number of carboxylic acids is 1. The van der Waals surface area contributed by atoms with Gasteiger partial charge in [0.05, 0.1) is 0 Å². The number of aromatic amines is 2. The summed E-state index contributed by atoms with van der Waals surface area (Å²) in [5.41, 5.74) is 0.166. The van der Waals surface area contributed by atoms with E-state index in [-0.39, 0.29) is 17.2 Å². The van der Waals surface area contributed by atoms with Crippen LogP contribution in [0.2, 0.25) is 0 Å². The van der Waals surface area contributed by atoms with Crippen molar-refractivity contribution >= 4 is 17.7 Å². The van der Waals surface area contributed by atoms with Crippen LogP contribution in [0.3, 0.4) is 0 Å². The second kappa shape index (κ2) is 3.85. The summed E-state index contributed by atoms with van der Waals surface area (Å²) in [7, 11) is 0. The van der Waals surface area contributed by atoms with Gasteiger partial charge in [-0.3, -0.25) is 15.0 Å². The molecule has 8 nitrogen and oxygen atoms in total. The summed E-state index contributed by atoms with van der Waals surface area (Å²) in [6, 6.07) is 2.71. The molecule has 4 N–H and O–H groups in total. The van der Waals surface area contributed by atoms with Gasteiger partial charge in [-0.05, 0) is 6.07 Å². The number of carbonyl (C=O) groups excluding carboxylic acids is 1. The smallest absolute Gasteiger partial charge is 0.353 e. The minimum atomic E-state index is -1.14. The van der Waals surface area contributed by atoms with E-state index in [1.54, 1.807) is 0 Å². The molecule has 0 fully saturated rings. The van der Waals surface area contributed by atoms with Gasteiger partial charge in [-0.25, -0.2) is 4.79 Å². The fourth-order valence-electron chi connectivity index (χ4n) is 1.06. The van der Waals surface area contributed by atoms with Crippen molar-refractivity contribution in [3.63, 3.8) is 0 Å². The molecule has 1 amide bonds. The molecule has 0 bridgehead atoms. The van der Waals surface area contributed by atoms with E-state index in [0.29, 0.717) is 0 Å². The molecule has 2 aromatic heterocycles. The van der Waals surface area contributed by atoms with Crippen LogP contribution in [0.15, 0.2) is 18.3 Å². The van der Waals surface area contributed by atoms with Crippen molar-refractivity contribution in [2.24, 2.45) is 0 Å². The van der Waals surface area contributed by atoms with Crippen LogP contribution in [0.4, 0.5) is 5.82 Å². The molecule has 0 aliphatic heterocycles. The molecular weight excluding hydrogens is 214 g/mol. The SMILES string of the molecule is O=C(O)c1cc(NC(=O)c2ccn[nH]2)n[nH]1. The van der Waals surface area contributed by atoms with E-state index in [0.717, 1.165) is 0 Å². The predicted octanol–water partition coefficient (Wildman–Crippen LogP) is 0.0833. The second-order valence-electron chi connectivity index (χ2n) is 2.90. The van der Waals surface area contributed by atoms with Gasteiger partial charge in [-0.15, -0.1) is 0 Å². The first kappa shape index (κ1) is 9.90. The Morgan fingerprint density at radius 2 is 2.12 bits per heavy atom. The number of anilines is 1. The Labute approximate surface area is 88.7 Å². The molecule has 16 heavy (non-hydrogen) atoms. The molecule has 0 aromatic carbocycles. The zero-order valence-electron chi connectivity index (χ0n) is 7.89. The minimum Gasteiger partial charge on any atom is -0.477 e. The van der Waals surface area contributed by atoms with E-state index in [1.807, 2.05) is 0 Å². The van der Waals surface area contributed by atoms with Gasteiger partial charge in [0.2, 0.25) is 0 Å². The molecule has 0 aliphatic carbocycles. The van der Waals surface area contributed by atoms with Gasteiger partial charge >= 0.3 is 5.97 Å². The molecule has 2 aromatic rings. The van der Waals surface area contributed by atoms with E-state index in [1.165, 1.54) is 18.3 Å². The highest BCUT2D eigenvalue weighted by Crippen LogP contribution is 2.06. The molecule has 0 spiro atoms. The lowest BCUT2D eigenvalue weighted by Gasteiger charge is -1.96. The van der Waals surface area contributed by atoms with Gasteiger partial charge in [0.15, 0.2) is 5.82 Å². The normalized spacial score (nSPS) is 10.0. The van der Waals surface area contributed by atoms with Crippen LogP contribution in [0, 0.1) is 0 Å². The molecular formula is C8H7N5O3. The lowest BCUT2D eigenvalue weighted by atomic mass is 10.4. The van der Waals surface area contributed by atoms with E-state index in [4.69, 9.17) is 5.11 Å². The van der Waals surface area contributed by atoms with Gasteiger partial charge < -0.3 is 10.4 Å². The van der Waals surface area contributed by atoms with Gasteiger partial charge in [0.1, 0.15) is 11.4 Å². The lowest BCUT2D eigenvalue weighted by Crippen LogP contribution is -2.12. The number of hydrogen-bond acceptors (Lipinski definition) is 4. The number of aromatic nitrogens is 4. The lowest BCUT2D eigenvalue weighted by molar-refractivity contribution is 0.0690. The summed E-state index contributed by atoms with van der Waals surface area (Å²) in [5.74, 6) is -1.45. The van der Waals surface area contributed by atoms with Crippen molar-refractivity contribution in [1.82, 2.24) is 20.4 Å². The number of nitrogens with zero attached hydrogens (tertiary/aromatic N) is 2. The predicted molar refractivity (Wildman–Crippen MR) is 52.1 cm³/mol. The standard InChI is InChI=1S/C8H7N5O3/c14-7(4-1-2-9-11-4)10-6-3-5(8(15)16)12-13-6/h1-3H,(H,9,11)(H,15,16)(H2,10,12,13,14). The maximum atomic E-state index is 11.5. The summed E-state index contributed by atoms with van der Waals surface area (Å²) in [6.07, 6.45) is 1.43. The van der Waals surface area contributed by atoms with Crippen molar-refractivity contribution in [1.29, 1.82) is 0 Å². The maximum Gasteiger partial charge on any atom is 0.353 e. The molecule has 8 heteroatoms. The van der Waals surface area contributed by atoms with Gasteiger partial charge in [-0.2, -0.15) is 10.2 Å². The van der Waals surface area contributed by atoms with Crippen LogP contribution in [0.5, 0.6) is 0 Å². The molecule has 0 atom stereocenters. The first-order chi connectivity index (χ1) is 7.66. The van der Waals surface area contributed by atoms with E-state index >= 15 is 0 Å². The van der Waals surface area contributed by atoms with Crippen LogP contribution in [-0.2, 0) is 0 Å². The Hall–Kier alpha value is -2.64. The first-order valence-electron chi connectivity index (χ1n) is 4.26. The summed E-state index contributed by atoms with van der Waals surface area (Å²) in [5, 5.41) is 23.0. The average molecular weight is 221 g/mol. The van der Waals surface area contributed by atoms with Gasteiger partial charge in [0, 0.05) is 12.3 Å². The van der Waals surface area contributed by atoms with Crippen LogP contribution in [-0.4, -0.2) is 37.4 Å². The number of rotatable bonds is 3. The molecule has 0 saturated heterocycles. The molecule has 82 valence electrons. The van der Waals surface area contributed by atoms with Crippen molar-refractivity contribution in [3.8, 4) is 0 Å². The van der Waals surface area contributed by atoms with Crippen molar-refractivity contribution in [3.05, 3.63) is 29.7 Å². The molecule has 0 saturated carbocycles. The number of hydrogen-bond donors (Lipinski definition) is 4. The van der Waals surface area contributed by atoms with Crippen LogP contribution < -0.4 is 5.32 Å². The zero-order valence-corrected chi connectivity index (χ0v) is 7.89. The fourth-order valence-corrected chi connectivity index (χ4v) is 1.06. The Bertz CT molecular complexity index is 516. The summed E-state index contributed by atoms with van der Waals surface area (Å²) in [4.78, 5) is 22.0. The number of amides is 1. The van der Waals surface area contributed by atoms with Crippen LogP contribution in [0.1, 0.15) is 21.0 Å². The number of H-pyrrole nitrogens is 2. The third-order valence-corrected chi connectivity index (χ3v) is 1.80. The molecule has 0 unspecified atom stereocenters. The van der Waals surface area contributed by atoms with E-state index < -0.39 is 11.9 Å². The largest absolute Gasteiger partial charge is 0.477 e. The van der Waals surface area contributed by atoms with E-state index in [9.17, 15) is 9.59 Å².